The van der Waals surface area contributed by atoms with Gasteiger partial charge in [-0.2, -0.15) is 0 Å². The number of halogens is 2. The zero-order valence-electron chi connectivity index (χ0n) is 18.9. The second-order valence-electron chi connectivity index (χ2n) is 8.35. The molecule has 0 saturated carbocycles. The Balaban J connectivity index is 1.32. The van der Waals surface area contributed by atoms with Crippen LogP contribution in [0.25, 0.3) is 11.3 Å². The molecule has 7 heteroatoms. The molecule has 0 spiro atoms. The number of nitrogens with one attached hydrogen (secondary N) is 1. The van der Waals surface area contributed by atoms with Crippen molar-refractivity contribution in [1.82, 2.24) is 4.98 Å². The lowest BCUT2D eigenvalue weighted by Crippen LogP contribution is -2.24. The van der Waals surface area contributed by atoms with Gasteiger partial charge in [-0.25, -0.2) is 4.98 Å². The van der Waals surface area contributed by atoms with E-state index in [1.165, 1.54) is 12.0 Å². The summed E-state index contributed by atoms with van der Waals surface area (Å²) >= 11 is 14.1. The summed E-state index contributed by atoms with van der Waals surface area (Å²) < 4.78 is 11.9. The van der Waals surface area contributed by atoms with Gasteiger partial charge in [-0.1, -0.05) is 53.5 Å². The molecule has 3 aromatic rings. The van der Waals surface area contributed by atoms with Crippen LogP contribution in [0.5, 0.6) is 0 Å². The van der Waals surface area contributed by atoms with E-state index >= 15 is 0 Å². The lowest BCUT2D eigenvalue weighted by atomic mass is 9.95. The quantitative estimate of drug-likeness (QED) is 0.284. The molecule has 0 radical (unpaired) electrons. The average molecular weight is 506 g/mol. The maximum atomic E-state index is 6.39. The molecule has 2 atom stereocenters. The lowest BCUT2D eigenvalue weighted by Gasteiger charge is -2.25. The third-order valence-corrected chi connectivity index (χ3v) is 7.36. The Labute approximate surface area is 210 Å². The number of ether oxygens (including phenoxy) is 2. The highest BCUT2D eigenvalue weighted by Crippen LogP contribution is 2.35. The van der Waals surface area contributed by atoms with Crippen LogP contribution in [0.2, 0.25) is 10.0 Å². The Bertz CT molecular complexity index is 1020. The fourth-order valence-electron chi connectivity index (χ4n) is 4.08. The van der Waals surface area contributed by atoms with Gasteiger partial charge < -0.3 is 14.8 Å². The van der Waals surface area contributed by atoms with Crippen molar-refractivity contribution in [2.75, 3.05) is 25.1 Å². The van der Waals surface area contributed by atoms with Crippen molar-refractivity contribution >= 4 is 39.7 Å². The number of hydrogen-bond donors (Lipinski definition) is 1. The number of anilines is 1. The molecular formula is C26H30Cl2N2O2S. The molecule has 1 aromatic heterocycles. The zero-order valence-corrected chi connectivity index (χ0v) is 21.2. The van der Waals surface area contributed by atoms with E-state index in [-0.39, 0.29) is 6.29 Å². The summed E-state index contributed by atoms with van der Waals surface area (Å²) in [6.45, 7) is 4.41. The van der Waals surface area contributed by atoms with Gasteiger partial charge in [-0.15, -0.1) is 11.3 Å². The maximum Gasteiger partial charge on any atom is 0.183 e. The van der Waals surface area contributed by atoms with E-state index in [4.69, 9.17) is 37.7 Å². The number of benzene rings is 2. The summed E-state index contributed by atoms with van der Waals surface area (Å²) in [4.78, 5) is 5.91. The Kier molecular flexibility index (Phi) is 9.04. The average Bonchev–Trinajstić information content (AvgIpc) is 3.20. The normalized spacial score (nSPS) is 17.1. The molecular weight excluding hydrogens is 475 g/mol. The third-order valence-electron chi connectivity index (χ3n) is 5.88. The minimum absolute atomic E-state index is 0.0560. The predicted octanol–water partition coefficient (Wildman–Crippen LogP) is 7.94. The van der Waals surface area contributed by atoms with E-state index in [9.17, 15) is 0 Å². The van der Waals surface area contributed by atoms with E-state index in [0.29, 0.717) is 22.6 Å². The van der Waals surface area contributed by atoms with Crippen LogP contribution in [-0.2, 0) is 9.47 Å². The van der Waals surface area contributed by atoms with Crippen molar-refractivity contribution in [3.63, 3.8) is 0 Å². The van der Waals surface area contributed by atoms with E-state index in [2.05, 4.69) is 42.6 Å². The molecule has 4 nitrogen and oxygen atoms in total. The molecule has 33 heavy (non-hydrogen) atoms. The summed E-state index contributed by atoms with van der Waals surface area (Å²) in [5.41, 5.74) is 3.14. The molecule has 1 saturated heterocycles. The van der Waals surface area contributed by atoms with Crippen LogP contribution in [0.4, 0.5) is 5.13 Å². The van der Waals surface area contributed by atoms with Crippen molar-refractivity contribution in [2.45, 2.75) is 51.2 Å². The zero-order chi connectivity index (χ0) is 23.0. The number of aryl methyl sites for hydroxylation is 1. The summed E-state index contributed by atoms with van der Waals surface area (Å²) in [6, 6.07) is 16.2. The van der Waals surface area contributed by atoms with E-state index in [1.54, 1.807) is 17.4 Å². The van der Waals surface area contributed by atoms with Crippen molar-refractivity contribution in [3.05, 3.63) is 69.0 Å². The summed E-state index contributed by atoms with van der Waals surface area (Å²) in [6.07, 6.45) is 5.30. The van der Waals surface area contributed by atoms with Gasteiger partial charge in [0.15, 0.2) is 11.4 Å². The van der Waals surface area contributed by atoms with Gasteiger partial charge in [-0.3, -0.25) is 0 Å². The summed E-state index contributed by atoms with van der Waals surface area (Å²) in [5.74, 6) is 0.347. The minimum atomic E-state index is -0.0560. The van der Waals surface area contributed by atoms with Crippen molar-refractivity contribution < 1.29 is 9.47 Å². The van der Waals surface area contributed by atoms with E-state index < -0.39 is 0 Å². The van der Waals surface area contributed by atoms with Crippen LogP contribution in [0.15, 0.2) is 48.5 Å². The van der Waals surface area contributed by atoms with Crippen molar-refractivity contribution in [2.24, 2.45) is 0 Å². The second-order valence-corrected chi connectivity index (χ2v) is 10.4. The first-order valence-electron chi connectivity index (χ1n) is 11.5. The molecule has 1 aliphatic rings. The van der Waals surface area contributed by atoms with Crippen molar-refractivity contribution in [1.29, 1.82) is 0 Å². The lowest BCUT2D eigenvalue weighted by molar-refractivity contribution is -0.165. The van der Waals surface area contributed by atoms with Gasteiger partial charge >= 0.3 is 0 Å². The monoisotopic (exact) mass is 504 g/mol. The SMILES string of the molecule is Cc1sc(NCCCC(COC2CCCCO2)c2ccccc2)nc1-c1ccc(Cl)cc1Cl. The highest BCUT2D eigenvalue weighted by Gasteiger charge is 2.18. The smallest absolute Gasteiger partial charge is 0.183 e. The second kappa shape index (κ2) is 12.2. The Morgan fingerprint density at radius 3 is 2.79 bits per heavy atom. The van der Waals surface area contributed by atoms with Crippen LogP contribution < -0.4 is 5.32 Å². The van der Waals surface area contributed by atoms with Gasteiger partial charge in [0.05, 0.1) is 17.3 Å². The fourth-order valence-corrected chi connectivity index (χ4v) is 5.44. The standard InChI is InChI=1S/C26H30Cl2N2O2S/c1-18-25(22-13-12-21(27)16-23(22)28)30-26(33-18)29-14-7-10-20(19-8-3-2-4-9-19)17-32-24-11-5-6-15-31-24/h2-4,8-9,12-13,16,20,24H,5-7,10-11,14-15,17H2,1H3,(H,29,30). The first kappa shape index (κ1) is 24.5. The van der Waals surface area contributed by atoms with Gasteiger partial charge in [0.2, 0.25) is 0 Å². The van der Waals surface area contributed by atoms with Crippen LogP contribution in [0.3, 0.4) is 0 Å². The van der Waals surface area contributed by atoms with Gasteiger partial charge in [0.25, 0.3) is 0 Å². The summed E-state index contributed by atoms with van der Waals surface area (Å²) in [5, 5.41) is 5.65. The molecule has 2 aromatic carbocycles. The van der Waals surface area contributed by atoms with Crippen LogP contribution in [0.1, 0.15) is 48.5 Å². The Hall–Kier alpha value is -1.63. The fraction of sp³-hybridized carbons (Fsp3) is 0.423. The minimum Gasteiger partial charge on any atom is -0.361 e. The van der Waals surface area contributed by atoms with Gasteiger partial charge in [-0.05, 0) is 62.8 Å². The Morgan fingerprint density at radius 2 is 2.03 bits per heavy atom. The van der Waals surface area contributed by atoms with Crippen molar-refractivity contribution in [3.8, 4) is 11.3 Å². The number of aromatic nitrogens is 1. The van der Waals surface area contributed by atoms with E-state index in [1.807, 2.05) is 12.1 Å². The van der Waals surface area contributed by atoms with Gasteiger partial charge in [0, 0.05) is 34.5 Å². The van der Waals surface area contributed by atoms with Crippen LogP contribution in [0, 0.1) is 6.92 Å². The number of nitrogens with zero attached hydrogens (tertiary/aromatic N) is 1. The molecule has 2 unspecified atom stereocenters. The molecule has 0 bridgehead atoms. The van der Waals surface area contributed by atoms with Crippen LogP contribution in [-0.4, -0.2) is 31.0 Å². The maximum absolute atomic E-state index is 6.39. The number of hydrogen-bond acceptors (Lipinski definition) is 5. The first-order chi connectivity index (χ1) is 16.1. The molecule has 4 rings (SSSR count). The van der Waals surface area contributed by atoms with Gasteiger partial charge in [0.1, 0.15) is 0 Å². The number of thiazole rings is 1. The molecule has 1 N–H and O–H groups in total. The highest BCUT2D eigenvalue weighted by atomic mass is 35.5. The van der Waals surface area contributed by atoms with Crippen LogP contribution >= 0.6 is 34.5 Å². The summed E-state index contributed by atoms with van der Waals surface area (Å²) in [7, 11) is 0. The molecule has 176 valence electrons. The third kappa shape index (κ3) is 6.93. The first-order valence-corrected chi connectivity index (χ1v) is 13.1. The predicted molar refractivity (Wildman–Crippen MR) is 139 cm³/mol. The Morgan fingerprint density at radius 1 is 1.18 bits per heavy atom. The van der Waals surface area contributed by atoms with E-state index in [0.717, 1.165) is 60.1 Å². The molecule has 0 aliphatic carbocycles. The molecule has 0 amide bonds. The molecule has 1 fully saturated rings. The number of rotatable bonds is 10. The highest BCUT2D eigenvalue weighted by molar-refractivity contribution is 7.16. The topological polar surface area (TPSA) is 43.4 Å². The molecule has 1 aliphatic heterocycles. The molecule has 2 heterocycles. The largest absolute Gasteiger partial charge is 0.361 e.